The van der Waals surface area contributed by atoms with Crippen LogP contribution in [0.2, 0.25) is 0 Å². The quantitative estimate of drug-likeness (QED) is 0.823. The number of hydrogen-bond acceptors (Lipinski definition) is 4. The fraction of sp³-hybridized carbons (Fsp3) is 0.455. The Morgan fingerprint density at radius 1 is 1.50 bits per heavy atom. The molecule has 18 heavy (non-hydrogen) atoms. The van der Waals surface area contributed by atoms with Gasteiger partial charge in [-0.3, -0.25) is 4.72 Å². The van der Waals surface area contributed by atoms with Crippen LogP contribution in [0.5, 0.6) is 5.75 Å². The highest BCUT2D eigenvalue weighted by atomic mass is 32.2. The van der Waals surface area contributed by atoms with Gasteiger partial charge < -0.3 is 9.84 Å². The van der Waals surface area contributed by atoms with E-state index in [9.17, 15) is 12.8 Å². The number of anilines is 1. The molecule has 7 heteroatoms. The van der Waals surface area contributed by atoms with Gasteiger partial charge in [-0.25, -0.2) is 12.8 Å². The van der Waals surface area contributed by atoms with Gasteiger partial charge >= 0.3 is 0 Å². The summed E-state index contributed by atoms with van der Waals surface area (Å²) in [7, 11) is -3.71. The van der Waals surface area contributed by atoms with Crippen molar-refractivity contribution in [1.82, 2.24) is 0 Å². The van der Waals surface area contributed by atoms with E-state index >= 15 is 0 Å². The number of nitrogens with one attached hydrogen (secondary N) is 1. The maximum Gasteiger partial charge on any atom is 0.237 e. The van der Waals surface area contributed by atoms with E-state index in [1.54, 1.807) is 6.92 Å². The summed E-state index contributed by atoms with van der Waals surface area (Å²) in [6.07, 6.45) is 0. The molecule has 0 spiro atoms. The van der Waals surface area contributed by atoms with Crippen LogP contribution in [0.25, 0.3) is 0 Å². The summed E-state index contributed by atoms with van der Waals surface area (Å²) in [5, 5.41) is 7.84. The fourth-order valence-corrected chi connectivity index (χ4v) is 2.05. The molecule has 0 bridgehead atoms. The summed E-state index contributed by atoms with van der Waals surface area (Å²) >= 11 is 0. The van der Waals surface area contributed by atoms with Gasteiger partial charge in [0.25, 0.3) is 0 Å². The number of aliphatic hydroxyl groups is 1. The van der Waals surface area contributed by atoms with Gasteiger partial charge in [-0.2, -0.15) is 0 Å². The van der Waals surface area contributed by atoms with Crippen LogP contribution in [0.3, 0.4) is 0 Å². The maximum absolute atomic E-state index is 13.5. The summed E-state index contributed by atoms with van der Waals surface area (Å²) in [6, 6.07) is 3.78. The topological polar surface area (TPSA) is 75.6 Å². The number of benzene rings is 1. The van der Waals surface area contributed by atoms with E-state index in [2.05, 4.69) is 4.72 Å². The first-order valence-electron chi connectivity index (χ1n) is 5.45. The molecule has 0 heterocycles. The van der Waals surface area contributed by atoms with E-state index in [0.717, 1.165) is 6.07 Å². The third-order valence-corrected chi connectivity index (χ3v) is 4.01. The molecule has 1 aromatic rings. The van der Waals surface area contributed by atoms with Gasteiger partial charge in [0.05, 0.1) is 18.9 Å². The van der Waals surface area contributed by atoms with Crippen molar-refractivity contribution in [2.45, 2.75) is 19.1 Å². The Morgan fingerprint density at radius 3 is 2.67 bits per heavy atom. The van der Waals surface area contributed by atoms with Crippen molar-refractivity contribution in [3.8, 4) is 5.75 Å². The Labute approximate surface area is 106 Å². The molecule has 0 aliphatic heterocycles. The largest absolute Gasteiger partial charge is 0.491 e. The smallest absolute Gasteiger partial charge is 0.237 e. The molecule has 1 rings (SSSR count). The molecule has 0 aromatic heterocycles. The predicted molar refractivity (Wildman–Crippen MR) is 66.7 cm³/mol. The van der Waals surface area contributed by atoms with Gasteiger partial charge in [0.2, 0.25) is 10.0 Å². The molecule has 0 fully saturated rings. The van der Waals surface area contributed by atoms with Crippen LogP contribution in [-0.4, -0.2) is 32.0 Å². The van der Waals surface area contributed by atoms with Crippen molar-refractivity contribution in [2.75, 3.05) is 17.9 Å². The monoisotopic (exact) mass is 277 g/mol. The molecule has 1 aromatic carbocycles. The maximum atomic E-state index is 13.5. The normalized spacial score (nSPS) is 13.1. The van der Waals surface area contributed by atoms with Crippen LogP contribution in [0.15, 0.2) is 18.2 Å². The second kappa shape index (κ2) is 6.01. The number of rotatable bonds is 6. The molecular formula is C11H16FNO4S. The molecule has 102 valence electrons. The Bertz CT molecular complexity index is 504. The third kappa shape index (κ3) is 3.58. The minimum atomic E-state index is -3.71. The Hall–Kier alpha value is -1.34. The molecule has 1 atom stereocenters. The average molecular weight is 277 g/mol. The first kappa shape index (κ1) is 14.7. The zero-order valence-electron chi connectivity index (χ0n) is 10.2. The van der Waals surface area contributed by atoms with Gasteiger partial charge in [-0.15, -0.1) is 0 Å². The van der Waals surface area contributed by atoms with Crippen molar-refractivity contribution >= 4 is 15.7 Å². The highest BCUT2D eigenvalue weighted by Crippen LogP contribution is 2.22. The van der Waals surface area contributed by atoms with Crippen molar-refractivity contribution in [3.05, 3.63) is 24.0 Å². The molecule has 0 aliphatic rings. The number of ether oxygens (including phenoxy) is 1. The standard InChI is InChI=1S/C11H16FNO4S/c1-3-17-11-5-4-9(6-10(11)12)13-18(15,16)8(2)7-14/h4-6,8,13-14H,3,7H2,1-2H3. The first-order chi connectivity index (χ1) is 8.40. The van der Waals surface area contributed by atoms with Crippen molar-refractivity contribution in [3.63, 3.8) is 0 Å². The van der Waals surface area contributed by atoms with E-state index in [4.69, 9.17) is 9.84 Å². The lowest BCUT2D eigenvalue weighted by molar-refractivity contribution is 0.296. The summed E-state index contributed by atoms with van der Waals surface area (Å²) in [5.41, 5.74) is 0.0938. The summed E-state index contributed by atoms with van der Waals surface area (Å²) in [4.78, 5) is 0. The van der Waals surface area contributed by atoms with Gasteiger partial charge in [0.1, 0.15) is 5.25 Å². The van der Waals surface area contributed by atoms with Gasteiger partial charge in [0.15, 0.2) is 11.6 Å². The van der Waals surface area contributed by atoms with Crippen LogP contribution in [0.4, 0.5) is 10.1 Å². The molecule has 0 radical (unpaired) electrons. The highest BCUT2D eigenvalue weighted by Gasteiger charge is 2.20. The minimum Gasteiger partial charge on any atom is -0.491 e. The molecule has 2 N–H and O–H groups in total. The number of sulfonamides is 1. The highest BCUT2D eigenvalue weighted by molar-refractivity contribution is 7.93. The fourth-order valence-electron chi connectivity index (χ4n) is 1.20. The number of halogens is 1. The Kier molecular flexibility index (Phi) is 4.92. The summed E-state index contributed by atoms with van der Waals surface area (Å²) in [5.74, 6) is -0.579. The van der Waals surface area contributed by atoms with E-state index in [-0.39, 0.29) is 11.4 Å². The van der Waals surface area contributed by atoms with Crippen molar-refractivity contribution in [1.29, 1.82) is 0 Å². The van der Waals surface area contributed by atoms with Crippen LogP contribution in [-0.2, 0) is 10.0 Å². The van der Waals surface area contributed by atoms with Crippen molar-refractivity contribution < 1.29 is 22.7 Å². The lowest BCUT2D eigenvalue weighted by atomic mass is 10.3. The first-order valence-corrected chi connectivity index (χ1v) is 7.00. The molecule has 0 aliphatic carbocycles. The lowest BCUT2D eigenvalue weighted by Crippen LogP contribution is -2.28. The van der Waals surface area contributed by atoms with Gasteiger partial charge in [-0.1, -0.05) is 0 Å². The average Bonchev–Trinajstić information content (AvgIpc) is 2.31. The molecule has 0 saturated heterocycles. The number of aliphatic hydroxyl groups excluding tert-OH is 1. The van der Waals surface area contributed by atoms with E-state index in [1.807, 2.05) is 0 Å². The van der Waals surface area contributed by atoms with Gasteiger partial charge in [0, 0.05) is 6.07 Å². The lowest BCUT2D eigenvalue weighted by Gasteiger charge is -2.13. The van der Waals surface area contributed by atoms with Crippen LogP contribution in [0.1, 0.15) is 13.8 Å². The second-order valence-corrected chi connectivity index (χ2v) is 5.82. The van der Waals surface area contributed by atoms with Crippen LogP contribution in [0, 0.1) is 5.82 Å². The second-order valence-electron chi connectivity index (χ2n) is 3.72. The number of hydrogen-bond donors (Lipinski definition) is 2. The third-order valence-electron chi connectivity index (χ3n) is 2.28. The van der Waals surface area contributed by atoms with E-state index < -0.39 is 27.7 Å². The summed E-state index contributed by atoms with van der Waals surface area (Å²) < 4.78 is 43.9. The van der Waals surface area contributed by atoms with Gasteiger partial charge in [-0.05, 0) is 26.0 Å². The predicted octanol–water partition coefficient (Wildman–Crippen LogP) is 1.35. The molecule has 1 unspecified atom stereocenters. The SMILES string of the molecule is CCOc1ccc(NS(=O)(=O)C(C)CO)cc1F. The van der Waals surface area contributed by atoms with Crippen LogP contribution < -0.4 is 9.46 Å². The van der Waals surface area contributed by atoms with E-state index in [1.165, 1.54) is 19.1 Å². The zero-order valence-corrected chi connectivity index (χ0v) is 11.0. The molecule has 0 amide bonds. The molecular weight excluding hydrogens is 261 g/mol. The zero-order chi connectivity index (χ0) is 13.8. The van der Waals surface area contributed by atoms with Crippen molar-refractivity contribution in [2.24, 2.45) is 0 Å². The Balaban J connectivity index is 2.90. The summed E-state index contributed by atoms with van der Waals surface area (Å²) in [6.45, 7) is 2.89. The molecule has 0 saturated carbocycles. The van der Waals surface area contributed by atoms with E-state index in [0.29, 0.717) is 6.61 Å². The molecule has 5 nitrogen and oxygen atoms in total. The Morgan fingerprint density at radius 2 is 2.17 bits per heavy atom. The minimum absolute atomic E-state index is 0.0654. The van der Waals surface area contributed by atoms with Crippen LogP contribution >= 0.6 is 0 Å².